The Kier molecular flexibility index (Phi) is 6.96. The molecule has 1 saturated carbocycles. The Balaban J connectivity index is 2.45. The normalized spacial score (nSPS) is 19.6. The van der Waals surface area contributed by atoms with Crippen molar-refractivity contribution in [1.82, 2.24) is 10.2 Å². The second-order valence-corrected chi connectivity index (χ2v) is 6.79. The number of rotatable bonds is 8. The lowest BCUT2D eigenvalue weighted by Gasteiger charge is -2.32. The Labute approximate surface area is 124 Å². The van der Waals surface area contributed by atoms with E-state index in [0.717, 1.165) is 25.4 Å². The number of esters is 1. The summed E-state index contributed by atoms with van der Waals surface area (Å²) >= 11 is 0. The summed E-state index contributed by atoms with van der Waals surface area (Å²) in [6.07, 6.45) is 6.27. The van der Waals surface area contributed by atoms with Crippen LogP contribution in [0.4, 0.5) is 0 Å². The highest BCUT2D eigenvalue weighted by molar-refractivity contribution is 5.80. The van der Waals surface area contributed by atoms with Crippen LogP contribution in [0.15, 0.2) is 0 Å². The van der Waals surface area contributed by atoms with Gasteiger partial charge in [-0.25, -0.2) is 0 Å². The lowest BCUT2D eigenvalue weighted by atomic mass is 9.96. The molecule has 1 aliphatic carbocycles. The van der Waals surface area contributed by atoms with Crippen LogP contribution in [0, 0.1) is 5.92 Å². The van der Waals surface area contributed by atoms with Gasteiger partial charge in [0.05, 0.1) is 7.11 Å². The van der Waals surface area contributed by atoms with E-state index in [-0.39, 0.29) is 12.0 Å². The summed E-state index contributed by atoms with van der Waals surface area (Å²) in [4.78, 5) is 14.4. The van der Waals surface area contributed by atoms with Crippen LogP contribution in [0.25, 0.3) is 0 Å². The summed E-state index contributed by atoms with van der Waals surface area (Å²) in [6.45, 7) is 8.13. The van der Waals surface area contributed by atoms with E-state index in [9.17, 15) is 4.79 Å². The summed E-state index contributed by atoms with van der Waals surface area (Å²) in [5, 5.41) is 3.35. The topological polar surface area (TPSA) is 41.6 Å². The Morgan fingerprint density at radius 3 is 2.50 bits per heavy atom. The highest BCUT2D eigenvalue weighted by Crippen LogP contribution is 2.25. The van der Waals surface area contributed by atoms with Gasteiger partial charge in [-0.3, -0.25) is 10.1 Å². The van der Waals surface area contributed by atoms with Gasteiger partial charge in [0.2, 0.25) is 0 Å². The Bertz CT molecular complexity index is 301. The molecular formula is C16H32N2O2. The maximum absolute atomic E-state index is 12.0. The summed E-state index contributed by atoms with van der Waals surface area (Å²) in [6, 6.07) is 0.263. The SMILES string of the molecule is COC(=O)C(C)(CCN(C)CC1CCCC1)NC(C)C. The van der Waals surface area contributed by atoms with Crippen molar-refractivity contribution in [2.75, 3.05) is 27.2 Å². The molecule has 4 nitrogen and oxygen atoms in total. The second-order valence-electron chi connectivity index (χ2n) is 6.79. The molecule has 1 atom stereocenters. The number of hydrogen-bond donors (Lipinski definition) is 1. The van der Waals surface area contributed by atoms with E-state index < -0.39 is 5.54 Å². The van der Waals surface area contributed by atoms with Crippen LogP contribution in [0.5, 0.6) is 0 Å². The first-order valence-corrected chi connectivity index (χ1v) is 7.92. The fourth-order valence-corrected chi connectivity index (χ4v) is 3.24. The molecule has 1 N–H and O–H groups in total. The average Bonchev–Trinajstić information content (AvgIpc) is 2.87. The van der Waals surface area contributed by atoms with Crippen molar-refractivity contribution >= 4 is 5.97 Å². The quantitative estimate of drug-likeness (QED) is 0.695. The third-order valence-corrected chi connectivity index (χ3v) is 4.28. The Morgan fingerprint density at radius 1 is 1.40 bits per heavy atom. The summed E-state index contributed by atoms with van der Waals surface area (Å²) < 4.78 is 4.96. The molecule has 0 aromatic heterocycles. The Hall–Kier alpha value is -0.610. The van der Waals surface area contributed by atoms with Gasteiger partial charge in [-0.05, 0) is 53.0 Å². The van der Waals surface area contributed by atoms with Crippen LogP contribution in [-0.4, -0.2) is 49.7 Å². The summed E-state index contributed by atoms with van der Waals surface area (Å²) in [5.41, 5.74) is -0.590. The van der Waals surface area contributed by atoms with Gasteiger partial charge in [0.1, 0.15) is 5.54 Å². The number of ether oxygens (including phenoxy) is 1. The predicted octanol–water partition coefficient (Wildman–Crippen LogP) is 2.43. The van der Waals surface area contributed by atoms with Crippen molar-refractivity contribution < 1.29 is 9.53 Å². The van der Waals surface area contributed by atoms with Crippen molar-refractivity contribution in [3.63, 3.8) is 0 Å². The third kappa shape index (κ3) is 5.41. The third-order valence-electron chi connectivity index (χ3n) is 4.28. The molecular weight excluding hydrogens is 252 g/mol. The van der Waals surface area contributed by atoms with Crippen LogP contribution in [0.3, 0.4) is 0 Å². The maximum atomic E-state index is 12.0. The van der Waals surface area contributed by atoms with Crippen molar-refractivity contribution in [1.29, 1.82) is 0 Å². The summed E-state index contributed by atoms with van der Waals surface area (Å²) in [5.74, 6) is 0.683. The van der Waals surface area contributed by atoms with Crippen LogP contribution in [-0.2, 0) is 9.53 Å². The molecule has 4 heteroatoms. The molecule has 0 amide bonds. The lowest BCUT2D eigenvalue weighted by Crippen LogP contribution is -2.54. The van der Waals surface area contributed by atoms with Gasteiger partial charge >= 0.3 is 5.97 Å². The van der Waals surface area contributed by atoms with E-state index in [2.05, 4.69) is 31.1 Å². The smallest absolute Gasteiger partial charge is 0.325 e. The number of carbonyl (C=O) groups excluding carboxylic acids is 1. The molecule has 0 aromatic carbocycles. The molecule has 118 valence electrons. The van der Waals surface area contributed by atoms with Crippen LogP contribution in [0.2, 0.25) is 0 Å². The minimum Gasteiger partial charge on any atom is -0.468 e. The fraction of sp³-hybridized carbons (Fsp3) is 0.938. The van der Waals surface area contributed by atoms with Crippen molar-refractivity contribution in [3.05, 3.63) is 0 Å². The Morgan fingerprint density at radius 2 is 2.00 bits per heavy atom. The molecule has 1 aliphatic rings. The van der Waals surface area contributed by atoms with Gasteiger partial charge in [0.15, 0.2) is 0 Å². The van der Waals surface area contributed by atoms with Gasteiger partial charge in [0, 0.05) is 19.1 Å². The first-order chi connectivity index (χ1) is 9.37. The number of hydrogen-bond acceptors (Lipinski definition) is 4. The molecule has 0 aromatic rings. The van der Waals surface area contributed by atoms with Crippen LogP contribution >= 0.6 is 0 Å². The average molecular weight is 284 g/mol. The zero-order valence-corrected chi connectivity index (χ0v) is 13.9. The van der Waals surface area contributed by atoms with Crippen molar-refractivity contribution in [3.8, 4) is 0 Å². The first-order valence-electron chi connectivity index (χ1n) is 7.92. The first kappa shape index (κ1) is 17.4. The van der Waals surface area contributed by atoms with Crippen molar-refractivity contribution in [2.45, 2.75) is 64.5 Å². The number of nitrogens with zero attached hydrogens (tertiary/aromatic N) is 1. The predicted molar refractivity (Wildman–Crippen MR) is 82.8 cm³/mol. The largest absolute Gasteiger partial charge is 0.468 e. The van der Waals surface area contributed by atoms with E-state index in [0.29, 0.717) is 0 Å². The zero-order valence-electron chi connectivity index (χ0n) is 13.9. The number of nitrogens with one attached hydrogen (secondary N) is 1. The molecule has 0 bridgehead atoms. The van der Waals surface area contributed by atoms with Gasteiger partial charge in [0.25, 0.3) is 0 Å². The molecule has 1 rings (SSSR count). The van der Waals surface area contributed by atoms with Gasteiger partial charge < -0.3 is 9.64 Å². The second kappa shape index (κ2) is 7.99. The molecule has 1 fully saturated rings. The zero-order chi connectivity index (χ0) is 15.2. The molecule has 0 radical (unpaired) electrons. The minimum atomic E-state index is -0.590. The summed E-state index contributed by atoms with van der Waals surface area (Å²) in [7, 11) is 3.62. The molecule has 1 unspecified atom stereocenters. The molecule has 20 heavy (non-hydrogen) atoms. The monoisotopic (exact) mass is 284 g/mol. The molecule has 0 aliphatic heterocycles. The molecule has 0 saturated heterocycles. The molecule has 0 spiro atoms. The van der Waals surface area contributed by atoms with E-state index in [4.69, 9.17) is 4.74 Å². The minimum absolute atomic E-state index is 0.166. The number of methoxy groups -OCH3 is 1. The standard InChI is InChI=1S/C16H32N2O2/c1-13(2)17-16(3,15(19)20-5)10-11-18(4)12-14-8-6-7-9-14/h13-14,17H,6-12H2,1-5H3. The van der Waals surface area contributed by atoms with Gasteiger partial charge in [-0.1, -0.05) is 12.8 Å². The van der Waals surface area contributed by atoms with E-state index in [1.165, 1.54) is 32.8 Å². The maximum Gasteiger partial charge on any atom is 0.325 e. The lowest BCUT2D eigenvalue weighted by molar-refractivity contribution is -0.148. The van der Waals surface area contributed by atoms with Crippen LogP contribution in [0.1, 0.15) is 52.9 Å². The highest BCUT2D eigenvalue weighted by Gasteiger charge is 2.34. The van der Waals surface area contributed by atoms with E-state index in [1.807, 2.05) is 6.92 Å². The van der Waals surface area contributed by atoms with E-state index in [1.54, 1.807) is 0 Å². The number of carbonyl (C=O) groups is 1. The van der Waals surface area contributed by atoms with E-state index >= 15 is 0 Å². The van der Waals surface area contributed by atoms with Gasteiger partial charge in [-0.15, -0.1) is 0 Å². The van der Waals surface area contributed by atoms with Crippen molar-refractivity contribution in [2.24, 2.45) is 5.92 Å². The van der Waals surface area contributed by atoms with Crippen LogP contribution < -0.4 is 5.32 Å². The van der Waals surface area contributed by atoms with Gasteiger partial charge in [-0.2, -0.15) is 0 Å². The fourth-order valence-electron chi connectivity index (χ4n) is 3.24. The molecule has 0 heterocycles. The highest BCUT2D eigenvalue weighted by atomic mass is 16.5.